The van der Waals surface area contributed by atoms with Crippen molar-refractivity contribution >= 4 is 0 Å². The number of likely N-dealkylation sites (N-methyl/N-ethyl adjacent to an activating group) is 1. The highest BCUT2D eigenvalue weighted by molar-refractivity contribution is 5.03. The van der Waals surface area contributed by atoms with E-state index in [0.29, 0.717) is 0 Å². The van der Waals surface area contributed by atoms with Crippen LogP contribution in [0, 0.1) is 5.92 Å². The number of hydrogen-bond acceptors (Lipinski definition) is 3. The summed E-state index contributed by atoms with van der Waals surface area (Å²) in [7, 11) is 2.20. The lowest BCUT2D eigenvalue weighted by molar-refractivity contribution is 0.0137. The number of rotatable bonds is 5. The monoisotopic (exact) mass is 250 g/mol. The van der Waals surface area contributed by atoms with Crippen molar-refractivity contribution in [3.8, 4) is 0 Å². The molecule has 18 heavy (non-hydrogen) atoms. The molecule has 0 saturated heterocycles. The largest absolute Gasteiger partial charge is 0.468 e. The molecule has 2 atom stereocenters. The van der Waals surface area contributed by atoms with Crippen LogP contribution in [-0.2, 0) is 6.54 Å². The molecule has 0 radical (unpaired) electrons. The summed E-state index contributed by atoms with van der Waals surface area (Å²) in [6, 6.07) is 4.00. The molecular weight excluding hydrogens is 224 g/mol. The Morgan fingerprint density at radius 3 is 2.94 bits per heavy atom. The molecule has 0 bridgehead atoms. The fourth-order valence-electron chi connectivity index (χ4n) is 3.60. The Labute approximate surface area is 110 Å². The van der Waals surface area contributed by atoms with E-state index in [9.17, 15) is 0 Å². The van der Waals surface area contributed by atoms with Gasteiger partial charge in [0.05, 0.1) is 12.8 Å². The summed E-state index contributed by atoms with van der Waals surface area (Å²) in [5.74, 6) is 1.75. The van der Waals surface area contributed by atoms with Gasteiger partial charge in [0.2, 0.25) is 0 Å². The Kier molecular flexibility index (Phi) is 4.46. The van der Waals surface area contributed by atoms with Gasteiger partial charge < -0.3 is 10.2 Å². The summed E-state index contributed by atoms with van der Waals surface area (Å²) in [6.45, 7) is 3.91. The average Bonchev–Trinajstić information content (AvgIpc) is 2.91. The quantitative estimate of drug-likeness (QED) is 0.873. The molecule has 0 spiro atoms. The summed E-state index contributed by atoms with van der Waals surface area (Å²) in [5.41, 5.74) is 6.33. The number of nitrogens with two attached hydrogens (primary N) is 1. The SMILES string of the molecule is CCC1CCCCC1(CN)N(C)Cc1ccco1. The highest BCUT2D eigenvalue weighted by Crippen LogP contribution is 2.39. The highest BCUT2D eigenvalue weighted by atomic mass is 16.3. The minimum Gasteiger partial charge on any atom is -0.468 e. The van der Waals surface area contributed by atoms with Gasteiger partial charge in [0.1, 0.15) is 5.76 Å². The molecular formula is C15H26N2O. The molecule has 0 aromatic carbocycles. The van der Waals surface area contributed by atoms with Gasteiger partial charge in [-0.25, -0.2) is 0 Å². The maximum absolute atomic E-state index is 6.16. The third-order valence-corrected chi connectivity index (χ3v) is 4.75. The van der Waals surface area contributed by atoms with Crippen LogP contribution >= 0.6 is 0 Å². The van der Waals surface area contributed by atoms with E-state index in [1.807, 2.05) is 12.1 Å². The zero-order chi connectivity index (χ0) is 13.0. The average molecular weight is 250 g/mol. The molecule has 1 heterocycles. The smallest absolute Gasteiger partial charge is 0.117 e. The number of hydrogen-bond donors (Lipinski definition) is 1. The van der Waals surface area contributed by atoms with E-state index < -0.39 is 0 Å². The second-order valence-corrected chi connectivity index (χ2v) is 5.59. The molecule has 2 rings (SSSR count). The molecule has 1 aromatic heterocycles. The predicted octanol–water partition coefficient (Wildman–Crippen LogP) is 3.01. The van der Waals surface area contributed by atoms with E-state index in [0.717, 1.165) is 24.8 Å². The molecule has 2 N–H and O–H groups in total. The van der Waals surface area contributed by atoms with E-state index in [1.54, 1.807) is 6.26 Å². The molecule has 3 nitrogen and oxygen atoms in total. The normalized spacial score (nSPS) is 28.8. The summed E-state index contributed by atoms with van der Waals surface area (Å²) in [4.78, 5) is 2.43. The van der Waals surface area contributed by atoms with E-state index in [2.05, 4.69) is 18.9 Å². The van der Waals surface area contributed by atoms with Gasteiger partial charge in [-0.05, 0) is 37.9 Å². The lowest BCUT2D eigenvalue weighted by Crippen LogP contribution is -2.58. The Morgan fingerprint density at radius 2 is 2.33 bits per heavy atom. The van der Waals surface area contributed by atoms with Crippen molar-refractivity contribution in [3.63, 3.8) is 0 Å². The maximum atomic E-state index is 6.16. The van der Waals surface area contributed by atoms with Crippen molar-refractivity contribution in [2.24, 2.45) is 11.7 Å². The second-order valence-electron chi connectivity index (χ2n) is 5.59. The van der Waals surface area contributed by atoms with E-state index in [1.165, 1.54) is 32.1 Å². The fourth-order valence-corrected chi connectivity index (χ4v) is 3.60. The van der Waals surface area contributed by atoms with Gasteiger partial charge in [0.25, 0.3) is 0 Å². The molecule has 2 unspecified atom stereocenters. The standard InChI is InChI=1S/C15H26N2O/c1-3-13-7-4-5-9-15(13,12-16)17(2)11-14-8-6-10-18-14/h6,8,10,13H,3-5,7,9,11-12,16H2,1-2H3. The Morgan fingerprint density at radius 1 is 1.50 bits per heavy atom. The van der Waals surface area contributed by atoms with Crippen LogP contribution in [0.3, 0.4) is 0 Å². The molecule has 1 aliphatic rings. The van der Waals surface area contributed by atoms with Crippen molar-refractivity contribution in [3.05, 3.63) is 24.2 Å². The molecule has 102 valence electrons. The van der Waals surface area contributed by atoms with E-state index in [4.69, 9.17) is 10.2 Å². The van der Waals surface area contributed by atoms with Crippen molar-refractivity contribution in [1.29, 1.82) is 0 Å². The van der Waals surface area contributed by atoms with E-state index >= 15 is 0 Å². The zero-order valence-electron chi connectivity index (χ0n) is 11.7. The Balaban J connectivity index is 2.13. The van der Waals surface area contributed by atoms with E-state index in [-0.39, 0.29) is 5.54 Å². The summed E-state index contributed by atoms with van der Waals surface area (Å²) in [5, 5.41) is 0. The van der Waals surface area contributed by atoms with Gasteiger partial charge in [-0.3, -0.25) is 4.90 Å². The van der Waals surface area contributed by atoms with Crippen LogP contribution in [0.2, 0.25) is 0 Å². The highest BCUT2D eigenvalue weighted by Gasteiger charge is 2.41. The zero-order valence-corrected chi connectivity index (χ0v) is 11.7. The van der Waals surface area contributed by atoms with Crippen LogP contribution in [0.15, 0.2) is 22.8 Å². The summed E-state index contributed by atoms with van der Waals surface area (Å²) in [6.07, 6.45) is 8.16. The lowest BCUT2D eigenvalue weighted by atomic mass is 9.70. The molecule has 1 aliphatic carbocycles. The first-order valence-electron chi connectivity index (χ1n) is 7.16. The van der Waals surface area contributed by atoms with Crippen molar-refractivity contribution < 1.29 is 4.42 Å². The molecule has 1 aromatic rings. The molecule has 1 saturated carbocycles. The van der Waals surface area contributed by atoms with Crippen molar-refractivity contribution in [2.45, 2.75) is 51.1 Å². The lowest BCUT2D eigenvalue weighted by Gasteiger charge is -2.49. The second kappa shape index (κ2) is 5.89. The number of nitrogens with zero attached hydrogens (tertiary/aromatic N) is 1. The molecule has 3 heteroatoms. The van der Waals surface area contributed by atoms with Crippen molar-refractivity contribution in [2.75, 3.05) is 13.6 Å². The third kappa shape index (κ3) is 2.47. The fraction of sp³-hybridized carbons (Fsp3) is 0.733. The van der Waals surface area contributed by atoms with Gasteiger partial charge in [0.15, 0.2) is 0 Å². The predicted molar refractivity (Wildman–Crippen MR) is 74.2 cm³/mol. The first kappa shape index (κ1) is 13.6. The third-order valence-electron chi connectivity index (χ3n) is 4.75. The summed E-state index contributed by atoms with van der Waals surface area (Å²) >= 11 is 0. The maximum Gasteiger partial charge on any atom is 0.117 e. The minimum atomic E-state index is 0.166. The molecule has 1 fully saturated rings. The Bertz CT molecular complexity index is 349. The molecule has 0 aliphatic heterocycles. The van der Waals surface area contributed by atoms with Crippen LogP contribution in [-0.4, -0.2) is 24.0 Å². The molecule has 0 amide bonds. The Hall–Kier alpha value is -0.800. The van der Waals surface area contributed by atoms with Crippen LogP contribution in [0.4, 0.5) is 0 Å². The van der Waals surface area contributed by atoms with Crippen LogP contribution in [0.25, 0.3) is 0 Å². The van der Waals surface area contributed by atoms with Gasteiger partial charge in [-0.1, -0.05) is 26.2 Å². The topological polar surface area (TPSA) is 42.4 Å². The van der Waals surface area contributed by atoms with Crippen LogP contribution in [0.1, 0.15) is 44.8 Å². The van der Waals surface area contributed by atoms with Crippen molar-refractivity contribution in [1.82, 2.24) is 4.90 Å². The van der Waals surface area contributed by atoms with Gasteiger partial charge in [-0.2, -0.15) is 0 Å². The first-order valence-corrected chi connectivity index (χ1v) is 7.16. The van der Waals surface area contributed by atoms with Gasteiger partial charge in [0, 0.05) is 12.1 Å². The minimum absolute atomic E-state index is 0.166. The number of furan rings is 1. The van der Waals surface area contributed by atoms with Gasteiger partial charge >= 0.3 is 0 Å². The first-order chi connectivity index (χ1) is 8.73. The van der Waals surface area contributed by atoms with Crippen LogP contribution in [0.5, 0.6) is 0 Å². The van der Waals surface area contributed by atoms with Gasteiger partial charge in [-0.15, -0.1) is 0 Å². The van der Waals surface area contributed by atoms with Crippen LogP contribution < -0.4 is 5.73 Å². The summed E-state index contributed by atoms with van der Waals surface area (Å²) < 4.78 is 5.47.